The average Bonchev–Trinajstić information content (AvgIpc) is 2.79. The third-order valence-corrected chi connectivity index (χ3v) is 1.59. The van der Waals surface area contributed by atoms with Gasteiger partial charge < -0.3 is 29.5 Å². The summed E-state index contributed by atoms with van der Waals surface area (Å²) in [4.78, 5) is 10.3. The Morgan fingerprint density at radius 1 is 1.43 bits per heavy atom. The van der Waals surface area contributed by atoms with Crippen LogP contribution in [0.3, 0.4) is 0 Å². The van der Waals surface area contributed by atoms with Crippen molar-refractivity contribution in [1.29, 1.82) is 0 Å². The third-order valence-electron chi connectivity index (χ3n) is 1.59. The van der Waals surface area contributed by atoms with Gasteiger partial charge in [0.05, 0.1) is 26.4 Å². The van der Waals surface area contributed by atoms with Gasteiger partial charge in [-0.05, 0) is 0 Å². The Kier molecular flexibility index (Phi) is 3.78. The molecule has 0 radical (unpaired) electrons. The van der Waals surface area contributed by atoms with E-state index in [1.807, 2.05) is 0 Å². The number of carboxylic acids is 1. The van der Waals surface area contributed by atoms with E-state index in [2.05, 4.69) is 4.74 Å². The minimum absolute atomic E-state index is 0.0843. The first-order chi connectivity index (χ1) is 6.61. The summed E-state index contributed by atoms with van der Waals surface area (Å²) in [6, 6.07) is 0. The van der Waals surface area contributed by atoms with Crippen LogP contribution in [0.4, 0.5) is 0 Å². The van der Waals surface area contributed by atoms with E-state index in [0.29, 0.717) is 0 Å². The first kappa shape index (κ1) is 11.3. The van der Waals surface area contributed by atoms with Gasteiger partial charge in [-0.2, -0.15) is 0 Å². The van der Waals surface area contributed by atoms with Crippen molar-refractivity contribution in [3.8, 4) is 0 Å². The minimum atomic E-state index is -2.20. The van der Waals surface area contributed by atoms with Gasteiger partial charge in [-0.3, -0.25) is 0 Å². The summed E-state index contributed by atoms with van der Waals surface area (Å²) in [6.07, 6.45) is -1.13. The van der Waals surface area contributed by atoms with Crippen LogP contribution >= 0.6 is 0 Å². The van der Waals surface area contributed by atoms with Gasteiger partial charge >= 0.3 is 11.8 Å². The Labute approximate surface area is 79.8 Å². The summed E-state index contributed by atoms with van der Waals surface area (Å²) in [5.41, 5.74) is 0. The van der Waals surface area contributed by atoms with Gasteiger partial charge in [0.15, 0.2) is 0 Å². The second-order valence-corrected chi connectivity index (χ2v) is 2.66. The molecule has 0 aromatic rings. The molecule has 2 unspecified atom stereocenters. The molecule has 7 heteroatoms. The predicted molar refractivity (Wildman–Crippen MR) is 41.3 cm³/mol. The molecule has 1 aliphatic rings. The van der Waals surface area contributed by atoms with Crippen LogP contribution in [0.1, 0.15) is 0 Å². The van der Waals surface area contributed by atoms with Crippen molar-refractivity contribution in [2.24, 2.45) is 0 Å². The van der Waals surface area contributed by atoms with Gasteiger partial charge in [0, 0.05) is 0 Å². The Morgan fingerprint density at radius 3 is 2.64 bits per heavy atom. The SMILES string of the molecule is O=C(O)C1(O)OC1OCCOCCO. The molecule has 0 spiro atoms. The highest BCUT2D eigenvalue weighted by Crippen LogP contribution is 2.34. The topological polar surface area (TPSA) is 109 Å². The van der Waals surface area contributed by atoms with Crippen LogP contribution in [0.5, 0.6) is 0 Å². The smallest absolute Gasteiger partial charge is 0.370 e. The number of carbonyl (C=O) groups is 1. The van der Waals surface area contributed by atoms with Crippen molar-refractivity contribution < 1.29 is 34.3 Å². The van der Waals surface area contributed by atoms with E-state index in [0.717, 1.165) is 0 Å². The Morgan fingerprint density at radius 2 is 2.14 bits per heavy atom. The second kappa shape index (κ2) is 4.67. The number of hydrogen-bond acceptors (Lipinski definition) is 6. The van der Waals surface area contributed by atoms with Crippen molar-refractivity contribution in [2.45, 2.75) is 12.1 Å². The zero-order valence-corrected chi connectivity index (χ0v) is 7.38. The van der Waals surface area contributed by atoms with Crippen molar-refractivity contribution in [3.63, 3.8) is 0 Å². The first-order valence-corrected chi connectivity index (χ1v) is 4.05. The highest BCUT2D eigenvalue weighted by molar-refractivity contribution is 5.78. The van der Waals surface area contributed by atoms with Gasteiger partial charge in [0.2, 0.25) is 6.29 Å². The molecule has 0 aromatic heterocycles. The molecule has 82 valence electrons. The fraction of sp³-hybridized carbons (Fsp3) is 0.857. The van der Waals surface area contributed by atoms with E-state index < -0.39 is 18.0 Å². The normalized spacial score (nSPS) is 30.3. The number of ether oxygens (including phenoxy) is 3. The number of hydrogen-bond donors (Lipinski definition) is 3. The maximum absolute atomic E-state index is 10.3. The molecule has 0 saturated carbocycles. The van der Waals surface area contributed by atoms with Gasteiger partial charge in [-0.1, -0.05) is 0 Å². The molecular formula is C7H12O7. The molecule has 1 heterocycles. The molecule has 0 bridgehead atoms. The summed E-state index contributed by atoms with van der Waals surface area (Å²) in [5.74, 6) is -3.67. The molecule has 14 heavy (non-hydrogen) atoms. The highest BCUT2D eigenvalue weighted by Gasteiger charge is 2.64. The molecule has 2 atom stereocenters. The lowest BCUT2D eigenvalue weighted by atomic mass is 10.4. The van der Waals surface area contributed by atoms with Crippen LogP contribution < -0.4 is 0 Å². The molecule has 1 saturated heterocycles. The lowest BCUT2D eigenvalue weighted by Gasteiger charge is -2.02. The lowest BCUT2D eigenvalue weighted by molar-refractivity contribution is -0.158. The Bertz CT molecular complexity index is 206. The maximum atomic E-state index is 10.3. The summed E-state index contributed by atoms with van der Waals surface area (Å²) in [7, 11) is 0. The second-order valence-electron chi connectivity index (χ2n) is 2.66. The molecular weight excluding hydrogens is 196 g/mol. The summed E-state index contributed by atoms with van der Waals surface area (Å²) < 4.78 is 14.0. The molecule has 0 aliphatic carbocycles. The Balaban J connectivity index is 2.03. The van der Waals surface area contributed by atoms with Crippen LogP contribution in [-0.4, -0.2) is 59.8 Å². The highest BCUT2D eigenvalue weighted by atomic mass is 16.9. The van der Waals surface area contributed by atoms with E-state index >= 15 is 0 Å². The molecule has 0 amide bonds. The molecule has 1 aliphatic heterocycles. The van der Waals surface area contributed by atoms with Crippen LogP contribution in [0.25, 0.3) is 0 Å². The van der Waals surface area contributed by atoms with Crippen LogP contribution in [0, 0.1) is 0 Å². The molecule has 1 fully saturated rings. The number of epoxide rings is 1. The number of aliphatic carboxylic acids is 1. The maximum Gasteiger partial charge on any atom is 0.370 e. The monoisotopic (exact) mass is 208 g/mol. The van der Waals surface area contributed by atoms with E-state index in [9.17, 15) is 4.79 Å². The van der Waals surface area contributed by atoms with Gasteiger partial charge in [-0.25, -0.2) is 4.79 Å². The van der Waals surface area contributed by atoms with Gasteiger partial charge in [0.1, 0.15) is 0 Å². The molecule has 3 N–H and O–H groups in total. The van der Waals surface area contributed by atoms with Crippen molar-refractivity contribution in [1.82, 2.24) is 0 Å². The zero-order valence-electron chi connectivity index (χ0n) is 7.38. The van der Waals surface area contributed by atoms with Crippen molar-refractivity contribution in [2.75, 3.05) is 26.4 Å². The zero-order chi connectivity index (χ0) is 10.6. The third kappa shape index (κ3) is 2.63. The number of aliphatic hydroxyl groups is 2. The van der Waals surface area contributed by atoms with Crippen molar-refractivity contribution in [3.05, 3.63) is 0 Å². The standard InChI is InChI=1S/C7H12O7/c8-1-2-12-3-4-13-6-7(11,14-6)5(9)10/h6,8,11H,1-4H2,(H,9,10). The summed E-state index contributed by atoms with van der Waals surface area (Å²) >= 11 is 0. The van der Waals surface area contributed by atoms with E-state index in [4.69, 9.17) is 24.8 Å². The predicted octanol–water partition coefficient (Wildman–Crippen LogP) is -1.86. The quantitative estimate of drug-likeness (QED) is 0.332. The van der Waals surface area contributed by atoms with Gasteiger partial charge in [0.25, 0.3) is 0 Å². The van der Waals surface area contributed by atoms with E-state index in [1.165, 1.54) is 0 Å². The largest absolute Gasteiger partial charge is 0.477 e. The van der Waals surface area contributed by atoms with E-state index in [-0.39, 0.29) is 26.4 Å². The molecule has 1 rings (SSSR count). The van der Waals surface area contributed by atoms with Crippen LogP contribution in [0.15, 0.2) is 0 Å². The summed E-state index contributed by atoms with van der Waals surface area (Å²) in [6.45, 7) is 0.410. The van der Waals surface area contributed by atoms with Crippen LogP contribution in [0.2, 0.25) is 0 Å². The lowest BCUT2D eigenvalue weighted by Crippen LogP contribution is -2.27. The van der Waals surface area contributed by atoms with Crippen molar-refractivity contribution >= 4 is 5.97 Å². The number of carboxylic acid groups (broad SMARTS) is 1. The van der Waals surface area contributed by atoms with Gasteiger partial charge in [-0.15, -0.1) is 0 Å². The number of aliphatic hydroxyl groups excluding tert-OH is 1. The number of rotatable bonds is 7. The molecule has 0 aromatic carbocycles. The fourth-order valence-corrected chi connectivity index (χ4v) is 0.808. The first-order valence-electron chi connectivity index (χ1n) is 4.05. The Hall–Kier alpha value is -0.730. The van der Waals surface area contributed by atoms with E-state index in [1.54, 1.807) is 0 Å². The van der Waals surface area contributed by atoms with Crippen LogP contribution in [-0.2, 0) is 19.0 Å². The summed E-state index contributed by atoms with van der Waals surface area (Å²) in [5, 5.41) is 25.8. The minimum Gasteiger partial charge on any atom is -0.477 e. The fourth-order valence-electron chi connectivity index (χ4n) is 0.808. The molecule has 7 nitrogen and oxygen atoms in total. The average molecular weight is 208 g/mol.